The molecule has 0 fully saturated rings. The smallest absolute Gasteiger partial charge is 0.126 e. The van der Waals surface area contributed by atoms with Crippen LogP contribution in [0.25, 0.3) is 0 Å². The van der Waals surface area contributed by atoms with Crippen LogP contribution in [0.5, 0.6) is 5.75 Å². The Morgan fingerprint density at radius 3 is 2.12 bits per heavy atom. The largest absolute Gasteiger partial charge is 0.465 e. The van der Waals surface area contributed by atoms with Gasteiger partial charge in [0.15, 0.2) is 0 Å². The average molecular weight is 230 g/mol. The normalized spacial score (nSPS) is 12.2. The van der Waals surface area contributed by atoms with E-state index in [1.54, 1.807) is 0 Å². The number of hydrogen-bond donors (Lipinski definition) is 0. The molecule has 0 N–H and O–H groups in total. The Hall–Kier alpha value is -1.50. The number of benzene rings is 1. The second-order valence-electron chi connectivity index (χ2n) is 5.48. The van der Waals surface area contributed by atoms with Crippen molar-refractivity contribution >= 4 is 0 Å². The number of hydrogen-bond acceptors (Lipinski definition) is 1. The molecule has 0 unspecified atom stereocenters. The van der Waals surface area contributed by atoms with Gasteiger partial charge in [0.25, 0.3) is 0 Å². The van der Waals surface area contributed by atoms with E-state index < -0.39 is 0 Å². The zero-order valence-electron chi connectivity index (χ0n) is 11.4. The minimum atomic E-state index is 0.0893. The van der Waals surface area contributed by atoms with Crippen LogP contribution in [0, 0.1) is 5.41 Å². The topological polar surface area (TPSA) is 9.23 Å². The van der Waals surface area contributed by atoms with Gasteiger partial charge >= 0.3 is 0 Å². The second kappa shape index (κ2) is 5.72. The molecule has 0 aromatic heterocycles. The van der Waals surface area contributed by atoms with Crippen LogP contribution in [0.1, 0.15) is 34.6 Å². The molecule has 1 rings (SSSR count). The van der Waals surface area contributed by atoms with Crippen LogP contribution in [-0.4, -0.2) is 0 Å². The van der Waals surface area contributed by atoms with Gasteiger partial charge in [0.2, 0.25) is 0 Å². The molecule has 0 heterocycles. The summed E-state index contributed by atoms with van der Waals surface area (Å²) in [5.41, 5.74) is 2.57. The quantitative estimate of drug-likeness (QED) is 0.526. The van der Waals surface area contributed by atoms with Gasteiger partial charge in [-0.1, -0.05) is 50.6 Å². The van der Waals surface area contributed by atoms with Crippen molar-refractivity contribution < 1.29 is 4.74 Å². The average Bonchev–Trinajstić information content (AvgIpc) is 2.23. The molecule has 1 nitrogen and oxygen atoms in total. The van der Waals surface area contributed by atoms with Crippen molar-refractivity contribution in [3.63, 3.8) is 0 Å². The molecule has 0 aliphatic heterocycles. The van der Waals surface area contributed by atoms with E-state index in [1.165, 1.54) is 11.1 Å². The van der Waals surface area contributed by atoms with E-state index in [9.17, 15) is 0 Å². The highest BCUT2D eigenvalue weighted by Crippen LogP contribution is 2.27. The molecule has 0 saturated carbocycles. The first kappa shape index (κ1) is 13.6. The van der Waals surface area contributed by atoms with Gasteiger partial charge in [0.1, 0.15) is 5.75 Å². The molecular formula is C16H22O. The summed E-state index contributed by atoms with van der Waals surface area (Å²) in [5, 5.41) is 0. The highest BCUT2D eigenvalue weighted by Gasteiger charge is 2.15. The van der Waals surface area contributed by atoms with Gasteiger partial charge in [-0.25, -0.2) is 0 Å². The molecule has 1 aromatic rings. The van der Waals surface area contributed by atoms with Crippen molar-refractivity contribution in [2.75, 3.05) is 0 Å². The monoisotopic (exact) mass is 230 g/mol. The third kappa shape index (κ3) is 4.90. The molecule has 92 valence electrons. The molecule has 0 radical (unpaired) electrons. The lowest BCUT2D eigenvalue weighted by Gasteiger charge is -2.20. The lowest BCUT2D eigenvalue weighted by molar-refractivity contribution is 0.440. The minimum absolute atomic E-state index is 0.0893. The van der Waals surface area contributed by atoms with E-state index in [0.717, 1.165) is 5.75 Å². The summed E-state index contributed by atoms with van der Waals surface area (Å²) >= 11 is 0. The molecule has 0 atom stereocenters. The standard InChI is InChI=1S/C16H22O/c1-13(2)11-14(16(3,4)5)12-17-15-9-7-6-8-10-15/h6-12H,1-5H3. The lowest BCUT2D eigenvalue weighted by atomic mass is 9.86. The summed E-state index contributed by atoms with van der Waals surface area (Å²) in [7, 11) is 0. The fourth-order valence-corrected chi connectivity index (χ4v) is 1.37. The van der Waals surface area contributed by atoms with Crippen molar-refractivity contribution in [1.82, 2.24) is 0 Å². The first-order valence-electron chi connectivity index (χ1n) is 5.97. The van der Waals surface area contributed by atoms with Crippen LogP contribution in [0.2, 0.25) is 0 Å². The van der Waals surface area contributed by atoms with Gasteiger partial charge in [0, 0.05) is 0 Å². The van der Waals surface area contributed by atoms with Crippen molar-refractivity contribution in [1.29, 1.82) is 0 Å². The number of ether oxygens (including phenoxy) is 1. The van der Waals surface area contributed by atoms with Crippen LogP contribution in [0.4, 0.5) is 0 Å². The van der Waals surface area contributed by atoms with E-state index in [1.807, 2.05) is 36.6 Å². The molecule has 0 spiro atoms. The Bertz CT molecular complexity index is 401. The van der Waals surface area contributed by atoms with Gasteiger partial charge in [0.05, 0.1) is 6.26 Å². The summed E-state index contributed by atoms with van der Waals surface area (Å²) in [4.78, 5) is 0. The summed E-state index contributed by atoms with van der Waals surface area (Å²) in [6, 6.07) is 9.84. The molecular weight excluding hydrogens is 208 g/mol. The van der Waals surface area contributed by atoms with Gasteiger partial charge in [-0.15, -0.1) is 0 Å². The third-order valence-electron chi connectivity index (χ3n) is 2.38. The summed E-state index contributed by atoms with van der Waals surface area (Å²) in [5.74, 6) is 0.872. The molecule has 0 aliphatic carbocycles. The second-order valence-corrected chi connectivity index (χ2v) is 5.48. The lowest BCUT2D eigenvalue weighted by Crippen LogP contribution is -2.09. The highest BCUT2D eigenvalue weighted by atomic mass is 16.5. The van der Waals surface area contributed by atoms with E-state index >= 15 is 0 Å². The van der Waals surface area contributed by atoms with Crippen molar-refractivity contribution in [3.05, 3.63) is 53.8 Å². The minimum Gasteiger partial charge on any atom is -0.465 e. The van der Waals surface area contributed by atoms with E-state index in [2.05, 4.69) is 40.7 Å². The molecule has 0 bridgehead atoms. The summed E-state index contributed by atoms with van der Waals surface area (Å²) in [6.07, 6.45) is 4.02. The first-order valence-corrected chi connectivity index (χ1v) is 5.97. The molecule has 0 saturated heterocycles. The highest BCUT2D eigenvalue weighted by molar-refractivity contribution is 5.28. The molecule has 1 heteroatoms. The SMILES string of the molecule is CC(C)=CC(=COc1ccccc1)C(C)(C)C. The van der Waals surface area contributed by atoms with Crippen molar-refractivity contribution in [2.24, 2.45) is 5.41 Å². The number of rotatable bonds is 3. The maximum absolute atomic E-state index is 5.69. The molecule has 0 amide bonds. The Kier molecular flexibility index (Phi) is 4.56. The van der Waals surface area contributed by atoms with Gasteiger partial charge < -0.3 is 4.74 Å². The fourth-order valence-electron chi connectivity index (χ4n) is 1.37. The summed E-state index contributed by atoms with van der Waals surface area (Å²) < 4.78 is 5.69. The van der Waals surface area contributed by atoms with Gasteiger partial charge in [-0.2, -0.15) is 0 Å². The zero-order valence-corrected chi connectivity index (χ0v) is 11.4. The Labute approximate surface area is 105 Å². The summed E-state index contributed by atoms with van der Waals surface area (Å²) in [6.45, 7) is 10.8. The molecule has 0 aliphatic rings. The predicted octanol–water partition coefficient (Wildman–Crippen LogP) is 4.96. The number of allylic oxidation sites excluding steroid dienone is 3. The predicted molar refractivity (Wildman–Crippen MR) is 74.0 cm³/mol. The van der Waals surface area contributed by atoms with Crippen molar-refractivity contribution in [3.8, 4) is 5.75 Å². The zero-order chi connectivity index (χ0) is 12.9. The molecule has 17 heavy (non-hydrogen) atoms. The van der Waals surface area contributed by atoms with Crippen LogP contribution >= 0.6 is 0 Å². The van der Waals surface area contributed by atoms with E-state index in [4.69, 9.17) is 4.74 Å². The fraction of sp³-hybridized carbons (Fsp3) is 0.375. The van der Waals surface area contributed by atoms with E-state index in [-0.39, 0.29) is 5.41 Å². The Morgan fingerprint density at radius 1 is 1.06 bits per heavy atom. The van der Waals surface area contributed by atoms with Crippen LogP contribution in [-0.2, 0) is 0 Å². The van der Waals surface area contributed by atoms with Gasteiger partial charge in [-0.05, 0) is 37.0 Å². The molecule has 1 aromatic carbocycles. The van der Waals surface area contributed by atoms with E-state index in [0.29, 0.717) is 0 Å². The van der Waals surface area contributed by atoms with Gasteiger partial charge in [-0.3, -0.25) is 0 Å². The first-order chi connectivity index (χ1) is 7.89. The van der Waals surface area contributed by atoms with Crippen LogP contribution in [0.15, 0.2) is 53.8 Å². The van der Waals surface area contributed by atoms with Crippen LogP contribution in [0.3, 0.4) is 0 Å². The maximum Gasteiger partial charge on any atom is 0.126 e. The van der Waals surface area contributed by atoms with Crippen molar-refractivity contribution in [2.45, 2.75) is 34.6 Å². The maximum atomic E-state index is 5.69. The Morgan fingerprint density at radius 2 is 1.65 bits per heavy atom. The van der Waals surface area contributed by atoms with Crippen LogP contribution < -0.4 is 4.74 Å². The number of para-hydroxylation sites is 1. The third-order valence-corrected chi connectivity index (χ3v) is 2.38. The Balaban J connectivity index is 2.89.